The SMILES string of the molecule is CC(C)(C)c1ccc(OC/C(F)=C\CN)cc1. The van der Waals surface area contributed by atoms with Crippen LogP contribution in [0, 0.1) is 0 Å². The Morgan fingerprint density at radius 2 is 1.88 bits per heavy atom. The van der Waals surface area contributed by atoms with E-state index in [2.05, 4.69) is 20.8 Å². The molecular weight excluding hydrogens is 217 g/mol. The standard InChI is InChI=1S/C14H20FNO/c1-14(2,3)11-4-6-13(7-5-11)17-10-12(15)8-9-16/h4-8H,9-10,16H2,1-3H3/b12-8+. The highest BCUT2D eigenvalue weighted by Crippen LogP contribution is 2.24. The van der Waals surface area contributed by atoms with Gasteiger partial charge in [-0.25, -0.2) is 4.39 Å². The predicted octanol–water partition coefficient (Wildman–Crippen LogP) is 3.18. The molecule has 0 spiro atoms. The molecule has 0 saturated heterocycles. The zero-order valence-corrected chi connectivity index (χ0v) is 10.7. The Bertz CT molecular complexity index is 376. The van der Waals surface area contributed by atoms with Crippen LogP contribution in [0.2, 0.25) is 0 Å². The van der Waals surface area contributed by atoms with Crippen LogP contribution in [0.4, 0.5) is 4.39 Å². The Labute approximate surface area is 102 Å². The molecule has 0 unspecified atom stereocenters. The van der Waals surface area contributed by atoms with E-state index in [9.17, 15) is 4.39 Å². The van der Waals surface area contributed by atoms with Crippen molar-refractivity contribution in [2.24, 2.45) is 5.73 Å². The maximum atomic E-state index is 13.0. The zero-order valence-electron chi connectivity index (χ0n) is 10.7. The Kier molecular flexibility index (Phi) is 4.70. The second kappa shape index (κ2) is 5.82. The van der Waals surface area contributed by atoms with Crippen LogP contribution >= 0.6 is 0 Å². The first-order valence-corrected chi connectivity index (χ1v) is 5.71. The average Bonchev–Trinajstić information content (AvgIpc) is 2.26. The van der Waals surface area contributed by atoms with Crippen molar-refractivity contribution in [2.45, 2.75) is 26.2 Å². The zero-order chi connectivity index (χ0) is 12.9. The lowest BCUT2D eigenvalue weighted by atomic mass is 9.87. The van der Waals surface area contributed by atoms with Gasteiger partial charge in [0.15, 0.2) is 0 Å². The maximum Gasteiger partial charge on any atom is 0.139 e. The first-order valence-electron chi connectivity index (χ1n) is 5.71. The largest absolute Gasteiger partial charge is 0.487 e. The number of halogens is 1. The molecule has 17 heavy (non-hydrogen) atoms. The van der Waals surface area contributed by atoms with Crippen LogP contribution in [0.25, 0.3) is 0 Å². The summed E-state index contributed by atoms with van der Waals surface area (Å²) in [6.07, 6.45) is 1.31. The molecule has 94 valence electrons. The minimum Gasteiger partial charge on any atom is -0.487 e. The van der Waals surface area contributed by atoms with Gasteiger partial charge in [-0.2, -0.15) is 0 Å². The van der Waals surface area contributed by atoms with Crippen LogP contribution in [-0.2, 0) is 5.41 Å². The predicted molar refractivity (Wildman–Crippen MR) is 68.9 cm³/mol. The van der Waals surface area contributed by atoms with Crippen LogP contribution < -0.4 is 10.5 Å². The van der Waals surface area contributed by atoms with Crippen molar-refractivity contribution < 1.29 is 9.13 Å². The molecule has 0 aliphatic rings. The number of hydrogen-bond donors (Lipinski definition) is 1. The molecule has 0 radical (unpaired) electrons. The van der Waals surface area contributed by atoms with Gasteiger partial charge in [0, 0.05) is 6.54 Å². The van der Waals surface area contributed by atoms with E-state index in [-0.39, 0.29) is 24.4 Å². The van der Waals surface area contributed by atoms with E-state index >= 15 is 0 Å². The Morgan fingerprint density at radius 1 is 1.29 bits per heavy atom. The maximum absolute atomic E-state index is 13.0. The summed E-state index contributed by atoms with van der Waals surface area (Å²) in [6.45, 7) is 6.57. The molecule has 0 heterocycles. The first kappa shape index (κ1) is 13.7. The molecule has 0 aromatic heterocycles. The van der Waals surface area contributed by atoms with Gasteiger partial charge in [0.1, 0.15) is 18.2 Å². The van der Waals surface area contributed by atoms with E-state index < -0.39 is 0 Å². The van der Waals surface area contributed by atoms with Gasteiger partial charge in [0.25, 0.3) is 0 Å². The fourth-order valence-electron chi connectivity index (χ4n) is 1.39. The lowest BCUT2D eigenvalue weighted by molar-refractivity contribution is 0.318. The highest BCUT2D eigenvalue weighted by molar-refractivity contribution is 5.31. The van der Waals surface area contributed by atoms with E-state index in [4.69, 9.17) is 10.5 Å². The summed E-state index contributed by atoms with van der Waals surface area (Å²) in [6, 6.07) is 7.71. The summed E-state index contributed by atoms with van der Waals surface area (Å²) in [4.78, 5) is 0. The van der Waals surface area contributed by atoms with Gasteiger partial charge in [-0.15, -0.1) is 0 Å². The number of nitrogens with two attached hydrogens (primary N) is 1. The van der Waals surface area contributed by atoms with Gasteiger partial charge < -0.3 is 10.5 Å². The molecular formula is C14H20FNO. The summed E-state index contributed by atoms with van der Waals surface area (Å²) < 4.78 is 18.3. The second-order valence-corrected chi connectivity index (χ2v) is 4.95. The Hall–Kier alpha value is -1.35. The Morgan fingerprint density at radius 3 is 2.35 bits per heavy atom. The lowest BCUT2D eigenvalue weighted by Crippen LogP contribution is -2.10. The van der Waals surface area contributed by atoms with Crippen molar-refractivity contribution in [3.05, 3.63) is 41.7 Å². The molecule has 2 nitrogen and oxygen atoms in total. The van der Waals surface area contributed by atoms with E-state index in [0.717, 1.165) is 0 Å². The summed E-state index contributed by atoms with van der Waals surface area (Å²) >= 11 is 0. The molecule has 0 bridgehead atoms. The molecule has 0 saturated carbocycles. The van der Waals surface area contributed by atoms with E-state index in [1.54, 1.807) is 0 Å². The number of ether oxygens (including phenoxy) is 1. The van der Waals surface area contributed by atoms with Crippen molar-refractivity contribution in [2.75, 3.05) is 13.2 Å². The minimum atomic E-state index is -0.340. The summed E-state index contributed by atoms with van der Waals surface area (Å²) in [5.74, 6) is 0.325. The van der Waals surface area contributed by atoms with Gasteiger partial charge in [-0.3, -0.25) is 0 Å². The highest BCUT2D eigenvalue weighted by Gasteiger charge is 2.12. The summed E-state index contributed by atoms with van der Waals surface area (Å²) in [5.41, 5.74) is 6.53. The van der Waals surface area contributed by atoms with Crippen LogP contribution in [0.3, 0.4) is 0 Å². The van der Waals surface area contributed by atoms with Crippen LogP contribution in [-0.4, -0.2) is 13.2 Å². The van der Waals surface area contributed by atoms with Gasteiger partial charge in [-0.1, -0.05) is 32.9 Å². The normalized spacial score (nSPS) is 12.6. The fraction of sp³-hybridized carbons (Fsp3) is 0.429. The first-order chi connectivity index (χ1) is 7.93. The molecule has 1 aromatic rings. The molecule has 1 aromatic carbocycles. The molecule has 0 atom stereocenters. The van der Waals surface area contributed by atoms with Gasteiger partial charge in [0.05, 0.1) is 0 Å². The summed E-state index contributed by atoms with van der Waals surface area (Å²) in [5, 5.41) is 0. The number of benzene rings is 1. The number of hydrogen-bond acceptors (Lipinski definition) is 2. The van der Waals surface area contributed by atoms with Crippen LogP contribution in [0.5, 0.6) is 5.75 Å². The molecule has 0 aliphatic carbocycles. The van der Waals surface area contributed by atoms with Crippen molar-refractivity contribution in [3.8, 4) is 5.75 Å². The van der Waals surface area contributed by atoms with Gasteiger partial charge >= 0.3 is 0 Å². The van der Waals surface area contributed by atoms with Gasteiger partial charge in [-0.05, 0) is 29.2 Å². The van der Waals surface area contributed by atoms with Crippen molar-refractivity contribution in [1.82, 2.24) is 0 Å². The van der Waals surface area contributed by atoms with Crippen molar-refractivity contribution >= 4 is 0 Å². The van der Waals surface area contributed by atoms with Crippen LogP contribution in [0.1, 0.15) is 26.3 Å². The summed E-state index contributed by atoms with van der Waals surface area (Å²) in [7, 11) is 0. The average molecular weight is 237 g/mol. The van der Waals surface area contributed by atoms with E-state index in [1.165, 1.54) is 11.6 Å². The van der Waals surface area contributed by atoms with Crippen LogP contribution in [0.15, 0.2) is 36.2 Å². The third-order valence-electron chi connectivity index (χ3n) is 2.44. The highest BCUT2D eigenvalue weighted by atomic mass is 19.1. The van der Waals surface area contributed by atoms with Crippen molar-refractivity contribution in [3.63, 3.8) is 0 Å². The lowest BCUT2D eigenvalue weighted by Gasteiger charge is -2.19. The molecule has 0 aliphatic heterocycles. The monoisotopic (exact) mass is 237 g/mol. The van der Waals surface area contributed by atoms with Gasteiger partial charge in [0.2, 0.25) is 0 Å². The Balaban J connectivity index is 2.60. The second-order valence-electron chi connectivity index (χ2n) is 4.95. The number of rotatable bonds is 4. The van der Waals surface area contributed by atoms with Crippen molar-refractivity contribution in [1.29, 1.82) is 0 Å². The molecule has 0 fully saturated rings. The molecule has 0 amide bonds. The quantitative estimate of drug-likeness (QED) is 0.873. The molecule has 2 N–H and O–H groups in total. The third kappa shape index (κ3) is 4.57. The smallest absolute Gasteiger partial charge is 0.139 e. The third-order valence-corrected chi connectivity index (χ3v) is 2.44. The minimum absolute atomic E-state index is 0.0634. The van der Waals surface area contributed by atoms with E-state index in [0.29, 0.717) is 5.75 Å². The topological polar surface area (TPSA) is 35.2 Å². The fourth-order valence-corrected chi connectivity index (χ4v) is 1.39. The van der Waals surface area contributed by atoms with E-state index in [1.807, 2.05) is 24.3 Å². The molecule has 1 rings (SSSR count). The molecule has 3 heteroatoms.